The molecule has 3 aromatic heterocycles. The van der Waals surface area contributed by atoms with Crippen molar-refractivity contribution in [3.05, 3.63) is 46.7 Å². The van der Waals surface area contributed by atoms with Gasteiger partial charge < -0.3 is 10.2 Å². The first-order valence-electron chi connectivity index (χ1n) is 9.57. The predicted molar refractivity (Wildman–Crippen MR) is 117 cm³/mol. The maximum absolute atomic E-state index is 14.8. The van der Waals surface area contributed by atoms with Crippen molar-refractivity contribution in [1.82, 2.24) is 14.9 Å². The van der Waals surface area contributed by atoms with Gasteiger partial charge in [-0.2, -0.15) is 0 Å². The fourth-order valence-electron chi connectivity index (χ4n) is 4.22. The average molecular weight is 413 g/mol. The van der Waals surface area contributed by atoms with Crippen LogP contribution in [0.1, 0.15) is 31.1 Å². The Morgan fingerprint density at radius 1 is 1.25 bits per heavy atom. The molecule has 0 bridgehead atoms. The van der Waals surface area contributed by atoms with E-state index in [1.54, 1.807) is 29.1 Å². The molecule has 4 heterocycles. The van der Waals surface area contributed by atoms with Crippen molar-refractivity contribution in [1.29, 1.82) is 0 Å². The number of fused-ring (bicyclic) bond motifs is 2. The van der Waals surface area contributed by atoms with Crippen LogP contribution < -0.4 is 5.32 Å². The van der Waals surface area contributed by atoms with Gasteiger partial charge in [0.2, 0.25) is 0 Å². The fourth-order valence-corrected chi connectivity index (χ4v) is 6.15. The number of halogens is 1. The van der Waals surface area contributed by atoms with E-state index >= 15 is 0 Å². The lowest BCUT2D eigenvalue weighted by Crippen LogP contribution is -2.28. The second-order valence-corrected chi connectivity index (χ2v) is 9.19. The van der Waals surface area contributed by atoms with Gasteiger partial charge in [-0.05, 0) is 50.7 Å². The molecule has 28 heavy (non-hydrogen) atoms. The van der Waals surface area contributed by atoms with Crippen molar-refractivity contribution < 1.29 is 4.39 Å². The van der Waals surface area contributed by atoms with E-state index in [4.69, 9.17) is 0 Å². The summed E-state index contributed by atoms with van der Waals surface area (Å²) in [4.78, 5) is 13.6. The second-order valence-electron chi connectivity index (χ2n) is 7.24. The van der Waals surface area contributed by atoms with Gasteiger partial charge in [0.05, 0.1) is 21.6 Å². The zero-order valence-corrected chi connectivity index (χ0v) is 17.4. The van der Waals surface area contributed by atoms with E-state index in [0.29, 0.717) is 23.2 Å². The van der Waals surface area contributed by atoms with E-state index in [2.05, 4.69) is 40.1 Å². The number of hydrogen-bond acceptors (Lipinski definition) is 6. The van der Waals surface area contributed by atoms with Crippen molar-refractivity contribution >= 4 is 54.5 Å². The lowest BCUT2D eigenvalue weighted by molar-refractivity contribution is 0.274. The molecule has 144 valence electrons. The molecule has 1 N–H and O–H groups in total. The summed E-state index contributed by atoms with van der Waals surface area (Å²) < 4.78 is 15.7. The van der Waals surface area contributed by atoms with Crippen molar-refractivity contribution in [3.63, 3.8) is 0 Å². The Hall–Kier alpha value is -2.09. The van der Waals surface area contributed by atoms with E-state index < -0.39 is 0 Å². The molecule has 0 radical (unpaired) electrons. The number of nitrogens with one attached hydrogen (secondary N) is 1. The summed E-state index contributed by atoms with van der Waals surface area (Å²) in [6.45, 7) is 6.78. The van der Waals surface area contributed by atoms with Crippen LogP contribution in [0.4, 0.5) is 15.8 Å². The lowest BCUT2D eigenvalue weighted by Gasteiger charge is -2.22. The van der Waals surface area contributed by atoms with Crippen LogP contribution in [-0.4, -0.2) is 34.0 Å². The number of likely N-dealkylation sites (tertiary alicyclic amines) is 1. The highest BCUT2D eigenvalue weighted by Crippen LogP contribution is 2.41. The van der Waals surface area contributed by atoms with Gasteiger partial charge in [0.1, 0.15) is 10.3 Å². The van der Waals surface area contributed by atoms with E-state index in [1.165, 1.54) is 22.6 Å². The predicted octanol–water partition coefficient (Wildman–Crippen LogP) is 5.99. The van der Waals surface area contributed by atoms with Gasteiger partial charge in [-0.15, -0.1) is 22.7 Å². The minimum atomic E-state index is -0.304. The number of anilines is 2. The molecule has 0 amide bonds. The third-order valence-electron chi connectivity index (χ3n) is 5.82. The van der Waals surface area contributed by atoms with Crippen molar-refractivity contribution in [3.8, 4) is 0 Å². The Kier molecular flexibility index (Phi) is 4.53. The van der Waals surface area contributed by atoms with Crippen molar-refractivity contribution in [2.45, 2.75) is 32.2 Å². The highest BCUT2D eigenvalue weighted by molar-refractivity contribution is 7.18. The topological polar surface area (TPSA) is 41.0 Å². The van der Waals surface area contributed by atoms with Gasteiger partial charge in [-0.25, -0.2) is 14.4 Å². The fraction of sp³-hybridized carbons (Fsp3) is 0.333. The summed E-state index contributed by atoms with van der Waals surface area (Å²) >= 11 is 3.21. The molecular formula is C21H21FN4S2. The average Bonchev–Trinajstić information content (AvgIpc) is 3.41. The number of rotatable bonds is 4. The molecule has 0 saturated carbocycles. The van der Waals surface area contributed by atoms with Gasteiger partial charge in [0.15, 0.2) is 5.82 Å². The van der Waals surface area contributed by atoms with E-state index in [-0.39, 0.29) is 5.82 Å². The quantitative estimate of drug-likeness (QED) is 0.447. The Balaban J connectivity index is 1.51. The summed E-state index contributed by atoms with van der Waals surface area (Å²) in [6, 6.07) is 8.40. The van der Waals surface area contributed by atoms with E-state index in [0.717, 1.165) is 33.7 Å². The smallest absolute Gasteiger partial charge is 0.173 e. The third kappa shape index (κ3) is 2.89. The molecule has 0 aliphatic carbocycles. The van der Waals surface area contributed by atoms with Gasteiger partial charge in [-0.3, -0.25) is 0 Å². The van der Waals surface area contributed by atoms with Crippen LogP contribution in [-0.2, 0) is 0 Å². The van der Waals surface area contributed by atoms with E-state index in [1.807, 2.05) is 12.1 Å². The monoisotopic (exact) mass is 412 g/mol. The second kappa shape index (κ2) is 7.06. The Bertz CT molecular complexity index is 1150. The molecule has 4 aromatic rings. The van der Waals surface area contributed by atoms with Crippen LogP contribution in [0.15, 0.2) is 36.0 Å². The number of hydrogen-bond donors (Lipinski definition) is 1. The highest BCUT2D eigenvalue weighted by atomic mass is 32.1. The minimum Gasteiger partial charge on any atom is -0.352 e. The molecular weight excluding hydrogens is 391 g/mol. The molecule has 0 unspecified atom stereocenters. The van der Waals surface area contributed by atoms with Crippen LogP contribution >= 0.6 is 22.7 Å². The number of thiophene rings is 1. The number of thiazole rings is 1. The van der Waals surface area contributed by atoms with Gasteiger partial charge in [-0.1, -0.05) is 6.92 Å². The molecule has 1 saturated heterocycles. The first-order chi connectivity index (χ1) is 13.7. The number of aromatic nitrogens is 2. The van der Waals surface area contributed by atoms with Crippen LogP contribution in [0.5, 0.6) is 0 Å². The molecule has 7 heteroatoms. The van der Waals surface area contributed by atoms with Gasteiger partial charge >= 0.3 is 0 Å². The van der Waals surface area contributed by atoms with Crippen LogP contribution in [0.2, 0.25) is 0 Å². The highest BCUT2D eigenvalue weighted by Gasteiger charge is 2.32. The summed E-state index contributed by atoms with van der Waals surface area (Å²) in [5.41, 5.74) is 3.44. The largest absolute Gasteiger partial charge is 0.352 e. The van der Waals surface area contributed by atoms with Crippen LogP contribution in [0.25, 0.3) is 20.4 Å². The van der Waals surface area contributed by atoms with Crippen LogP contribution in [0, 0.1) is 5.82 Å². The molecule has 1 fully saturated rings. The van der Waals surface area contributed by atoms with Crippen LogP contribution in [0.3, 0.4) is 0 Å². The zero-order chi connectivity index (χ0) is 19.3. The summed E-state index contributed by atoms with van der Waals surface area (Å²) in [6.07, 6.45) is 2.97. The normalized spacial score (nSPS) is 20.4. The third-order valence-corrected chi connectivity index (χ3v) is 7.79. The minimum absolute atomic E-state index is 0.304. The summed E-state index contributed by atoms with van der Waals surface area (Å²) in [5, 5.41) is 4.34. The summed E-state index contributed by atoms with van der Waals surface area (Å²) in [5.74, 6) is 0.234. The Labute approximate surface area is 171 Å². The number of benzene rings is 1. The number of nitrogens with zero attached hydrogens (tertiary/aromatic N) is 3. The molecule has 0 spiro atoms. The number of pyridine rings is 1. The van der Waals surface area contributed by atoms with Crippen molar-refractivity contribution in [2.24, 2.45) is 0 Å². The first-order valence-corrected chi connectivity index (χ1v) is 11.3. The lowest BCUT2D eigenvalue weighted by atomic mass is 9.99. The van der Waals surface area contributed by atoms with Gasteiger partial charge in [0, 0.05) is 28.4 Å². The van der Waals surface area contributed by atoms with Gasteiger partial charge in [0.25, 0.3) is 0 Å². The zero-order valence-electron chi connectivity index (χ0n) is 15.8. The van der Waals surface area contributed by atoms with Crippen molar-refractivity contribution in [2.75, 3.05) is 18.4 Å². The molecule has 1 aliphatic rings. The Morgan fingerprint density at radius 2 is 2.14 bits per heavy atom. The maximum Gasteiger partial charge on any atom is 0.173 e. The molecule has 1 aromatic carbocycles. The molecule has 4 nitrogen and oxygen atoms in total. The Morgan fingerprint density at radius 3 is 2.96 bits per heavy atom. The molecule has 1 aliphatic heterocycles. The van der Waals surface area contributed by atoms with E-state index in [9.17, 15) is 4.39 Å². The number of likely N-dealkylation sites (N-methyl/N-ethyl adjacent to an activating group) is 1. The standard InChI is InChI=1S/C21H21FN4S2/c1-3-26-9-7-13(12(26)2)18-10-14-15(6-8-23-21(14)28-18)25-16-4-5-17-20(19(16)22)24-11-27-17/h4-6,8,10-13H,3,7,9H2,1-2H3,(H,23,25)/t12-,13+/m1/s1. The molecule has 5 rings (SSSR count). The maximum atomic E-state index is 14.8. The summed E-state index contributed by atoms with van der Waals surface area (Å²) in [7, 11) is 0. The SMILES string of the molecule is CCN1CC[C@H](c2cc3c(Nc4ccc5scnc5c4F)ccnc3s2)[C@H]1C. The first kappa shape index (κ1) is 18.0. The molecule has 2 atom stereocenters.